The summed E-state index contributed by atoms with van der Waals surface area (Å²) >= 11 is 5.00. The Bertz CT molecular complexity index is 429. The molecular formula is C13H18N2O2S. The van der Waals surface area contributed by atoms with E-state index in [1.165, 1.54) is 0 Å². The van der Waals surface area contributed by atoms with Gasteiger partial charge in [-0.25, -0.2) is 4.98 Å². The van der Waals surface area contributed by atoms with Crippen LogP contribution in [0.25, 0.3) is 0 Å². The standard InChI is InChI=1S/C13H18N2O2S/c1-8-6-10(7-9(2)16-8)17-13-11(12(14)18)4-3-5-15-13/h3-5,8-10H,6-7H2,1-2H3,(H2,14,18). The molecule has 5 heteroatoms. The second-order valence-corrected chi connectivity index (χ2v) is 5.13. The highest BCUT2D eigenvalue weighted by atomic mass is 32.1. The number of pyridine rings is 1. The largest absolute Gasteiger partial charge is 0.474 e. The summed E-state index contributed by atoms with van der Waals surface area (Å²) in [5, 5.41) is 0. The van der Waals surface area contributed by atoms with Gasteiger partial charge in [-0.2, -0.15) is 0 Å². The van der Waals surface area contributed by atoms with Gasteiger partial charge in [0, 0.05) is 19.0 Å². The first kappa shape index (κ1) is 13.2. The zero-order valence-electron chi connectivity index (χ0n) is 10.6. The Kier molecular flexibility index (Phi) is 4.14. The summed E-state index contributed by atoms with van der Waals surface area (Å²) < 4.78 is 11.6. The van der Waals surface area contributed by atoms with Crippen LogP contribution in [0.3, 0.4) is 0 Å². The van der Waals surface area contributed by atoms with Gasteiger partial charge in [0.15, 0.2) is 0 Å². The molecule has 1 aromatic heterocycles. The normalized spacial score (nSPS) is 27.8. The van der Waals surface area contributed by atoms with Gasteiger partial charge in [0.25, 0.3) is 0 Å². The van der Waals surface area contributed by atoms with E-state index in [-0.39, 0.29) is 18.3 Å². The molecule has 0 amide bonds. The lowest BCUT2D eigenvalue weighted by Crippen LogP contribution is -2.36. The lowest BCUT2D eigenvalue weighted by molar-refractivity contribution is -0.0730. The molecule has 2 N–H and O–H groups in total. The number of nitrogens with two attached hydrogens (primary N) is 1. The summed E-state index contributed by atoms with van der Waals surface area (Å²) in [6.45, 7) is 4.11. The topological polar surface area (TPSA) is 57.4 Å². The quantitative estimate of drug-likeness (QED) is 0.849. The first-order valence-electron chi connectivity index (χ1n) is 6.13. The van der Waals surface area contributed by atoms with Gasteiger partial charge in [-0.15, -0.1) is 0 Å². The lowest BCUT2D eigenvalue weighted by Gasteiger charge is -2.32. The van der Waals surface area contributed by atoms with E-state index in [4.69, 9.17) is 27.4 Å². The molecule has 1 aliphatic heterocycles. The molecule has 1 fully saturated rings. The number of thiocarbonyl (C=S) groups is 1. The van der Waals surface area contributed by atoms with Gasteiger partial charge >= 0.3 is 0 Å². The number of aromatic nitrogens is 1. The molecule has 98 valence electrons. The Balaban J connectivity index is 2.11. The van der Waals surface area contributed by atoms with Gasteiger partial charge in [0.2, 0.25) is 5.88 Å². The van der Waals surface area contributed by atoms with Crippen LogP contribution in [-0.4, -0.2) is 28.3 Å². The van der Waals surface area contributed by atoms with Crippen molar-refractivity contribution >= 4 is 17.2 Å². The zero-order valence-corrected chi connectivity index (χ0v) is 11.4. The fourth-order valence-electron chi connectivity index (χ4n) is 2.27. The van der Waals surface area contributed by atoms with E-state index in [0.29, 0.717) is 16.4 Å². The van der Waals surface area contributed by atoms with Crippen molar-refractivity contribution in [1.82, 2.24) is 4.98 Å². The second-order valence-electron chi connectivity index (χ2n) is 4.69. The maximum Gasteiger partial charge on any atom is 0.223 e. The average Bonchev–Trinajstić information content (AvgIpc) is 2.27. The van der Waals surface area contributed by atoms with Crippen molar-refractivity contribution in [3.63, 3.8) is 0 Å². The van der Waals surface area contributed by atoms with Crippen LogP contribution in [0.5, 0.6) is 5.88 Å². The third-order valence-corrected chi connectivity index (χ3v) is 3.19. The van der Waals surface area contributed by atoms with Gasteiger partial charge in [-0.05, 0) is 26.0 Å². The molecular weight excluding hydrogens is 248 g/mol. The summed E-state index contributed by atoms with van der Waals surface area (Å²) in [6, 6.07) is 3.63. The lowest BCUT2D eigenvalue weighted by atomic mass is 10.0. The molecule has 0 spiro atoms. The molecule has 0 aromatic carbocycles. The van der Waals surface area contributed by atoms with E-state index in [2.05, 4.69) is 18.8 Å². The first-order chi connectivity index (χ1) is 8.56. The van der Waals surface area contributed by atoms with E-state index in [0.717, 1.165) is 12.8 Å². The van der Waals surface area contributed by atoms with Gasteiger partial charge in [-0.3, -0.25) is 0 Å². The third-order valence-electron chi connectivity index (χ3n) is 2.97. The predicted molar refractivity (Wildman–Crippen MR) is 73.8 cm³/mol. The van der Waals surface area contributed by atoms with Crippen molar-refractivity contribution < 1.29 is 9.47 Å². The van der Waals surface area contributed by atoms with Gasteiger partial charge in [0.1, 0.15) is 11.1 Å². The summed E-state index contributed by atoms with van der Waals surface area (Å²) in [5.41, 5.74) is 6.35. The van der Waals surface area contributed by atoms with Crippen LogP contribution in [0.15, 0.2) is 18.3 Å². The van der Waals surface area contributed by atoms with E-state index in [1.807, 2.05) is 6.07 Å². The molecule has 2 atom stereocenters. The molecule has 2 rings (SSSR count). The summed E-state index contributed by atoms with van der Waals surface area (Å²) in [5.74, 6) is 0.524. The first-order valence-corrected chi connectivity index (χ1v) is 6.54. The van der Waals surface area contributed by atoms with Crippen LogP contribution in [0.2, 0.25) is 0 Å². The van der Waals surface area contributed by atoms with Crippen molar-refractivity contribution in [2.24, 2.45) is 5.73 Å². The zero-order chi connectivity index (χ0) is 13.1. The average molecular weight is 266 g/mol. The van der Waals surface area contributed by atoms with E-state index < -0.39 is 0 Å². The van der Waals surface area contributed by atoms with Crippen molar-refractivity contribution in [2.75, 3.05) is 0 Å². The van der Waals surface area contributed by atoms with Crippen LogP contribution in [-0.2, 0) is 4.74 Å². The Morgan fingerprint density at radius 3 is 2.72 bits per heavy atom. The number of hydrogen-bond donors (Lipinski definition) is 1. The second kappa shape index (κ2) is 5.63. The van der Waals surface area contributed by atoms with Gasteiger partial charge in [-0.1, -0.05) is 12.2 Å². The smallest absolute Gasteiger partial charge is 0.223 e. The maximum atomic E-state index is 5.93. The van der Waals surface area contributed by atoms with Crippen LogP contribution >= 0.6 is 12.2 Å². The van der Waals surface area contributed by atoms with Crippen molar-refractivity contribution in [3.05, 3.63) is 23.9 Å². The van der Waals surface area contributed by atoms with Gasteiger partial charge in [0.05, 0.1) is 17.8 Å². The molecule has 0 saturated carbocycles. The molecule has 2 heterocycles. The summed E-state index contributed by atoms with van der Waals surface area (Å²) in [4.78, 5) is 4.52. The molecule has 4 nitrogen and oxygen atoms in total. The Morgan fingerprint density at radius 2 is 2.11 bits per heavy atom. The van der Waals surface area contributed by atoms with Crippen molar-refractivity contribution in [2.45, 2.75) is 45.0 Å². The molecule has 18 heavy (non-hydrogen) atoms. The van der Waals surface area contributed by atoms with Crippen LogP contribution < -0.4 is 10.5 Å². The molecule has 1 aliphatic rings. The maximum absolute atomic E-state index is 5.93. The fraction of sp³-hybridized carbons (Fsp3) is 0.538. The van der Waals surface area contributed by atoms with E-state index >= 15 is 0 Å². The van der Waals surface area contributed by atoms with E-state index in [9.17, 15) is 0 Å². The summed E-state index contributed by atoms with van der Waals surface area (Å²) in [7, 11) is 0. The highest BCUT2D eigenvalue weighted by Gasteiger charge is 2.26. The summed E-state index contributed by atoms with van der Waals surface area (Å²) in [6.07, 6.45) is 3.91. The van der Waals surface area contributed by atoms with E-state index in [1.54, 1.807) is 12.3 Å². The van der Waals surface area contributed by atoms with Crippen LogP contribution in [0.1, 0.15) is 32.3 Å². The number of ether oxygens (including phenoxy) is 2. The third kappa shape index (κ3) is 3.17. The van der Waals surface area contributed by atoms with Crippen molar-refractivity contribution in [3.8, 4) is 5.88 Å². The molecule has 1 saturated heterocycles. The number of nitrogens with zero attached hydrogens (tertiary/aromatic N) is 1. The van der Waals surface area contributed by atoms with Crippen LogP contribution in [0, 0.1) is 0 Å². The number of hydrogen-bond acceptors (Lipinski definition) is 4. The predicted octanol–water partition coefficient (Wildman–Crippen LogP) is 2.05. The van der Waals surface area contributed by atoms with Gasteiger partial charge < -0.3 is 15.2 Å². The molecule has 2 unspecified atom stereocenters. The SMILES string of the molecule is CC1CC(Oc2ncccc2C(N)=S)CC(C)O1. The van der Waals surface area contributed by atoms with Crippen LogP contribution in [0.4, 0.5) is 0 Å². The Hall–Kier alpha value is -1.20. The highest BCUT2D eigenvalue weighted by Crippen LogP contribution is 2.24. The molecule has 1 aromatic rings. The minimum absolute atomic E-state index is 0.103. The number of rotatable bonds is 3. The molecule has 0 aliphatic carbocycles. The fourth-order valence-corrected chi connectivity index (χ4v) is 2.43. The Labute approximate surface area is 112 Å². The monoisotopic (exact) mass is 266 g/mol. The molecule has 0 radical (unpaired) electrons. The van der Waals surface area contributed by atoms with Crippen molar-refractivity contribution in [1.29, 1.82) is 0 Å². The minimum atomic E-state index is 0.103. The Morgan fingerprint density at radius 1 is 1.44 bits per heavy atom. The minimum Gasteiger partial charge on any atom is -0.474 e. The molecule has 0 bridgehead atoms. The highest BCUT2D eigenvalue weighted by molar-refractivity contribution is 7.80.